The molecule has 1 rings (SSSR count). The summed E-state index contributed by atoms with van der Waals surface area (Å²) in [7, 11) is -4.84. The minimum atomic E-state index is -4.84. The number of aliphatic hydroxyl groups is 1. The highest BCUT2D eigenvalue weighted by Crippen LogP contribution is 2.37. The molecule has 0 radical (unpaired) electrons. The molecule has 252 valence electrons. The zero-order valence-corrected chi connectivity index (χ0v) is 24.8. The third-order valence-electron chi connectivity index (χ3n) is 5.37. The second-order valence-corrected chi connectivity index (χ2v) is 10.3. The summed E-state index contributed by atoms with van der Waals surface area (Å²) in [4.78, 5) is 91.0. The van der Waals surface area contributed by atoms with Crippen molar-refractivity contribution in [2.75, 3.05) is 46.1 Å². The highest BCUT2D eigenvalue weighted by atomic mass is 31.2. The van der Waals surface area contributed by atoms with Gasteiger partial charge in [0.25, 0.3) is 0 Å². The number of carbonyl (C=O) groups is 6. The van der Waals surface area contributed by atoms with Crippen LogP contribution in [0.5, 0.6) is 5.75 Å². The average Bonchev–Trinajstić information content (AvgIpc) is 2.95. The number of hydrogen-bond donors (Lipinski definition) is 10. The SMILES string of the molecule is NCCOCCOCC(=O)N[C@@H](CC(N)=O)C(=O)N[C@@H](CO)C(=O)N[C@@H](Cc1ccc(OP(=O)(O)O)cc1)C(=O)NCC(=O)O. The van der Waals surface area contributed by atoms with E-state index in [0.29, 0.717) is 12.1 Å². The van der Waals surface area contributed by atoms with Crippen LogP contribution in [0, 0.1) is 0 Å². The lowest BCUT2D eigenvalue weighted by Crippen LogP contribution is -2.59. The third-order valence-corrected chi connectivity index (χ3v) is 5.82. The summed E-state index contributed by atoms with van der Waals surface area (Å²) < 4.78 is 25.6. The second-order valence-electron chi connectivity index (χ2n) is 9.09. The summed E-state index contributed by atoms with van der Waals surface area (Å²) in [5.74, 6) is -6.54. The number of hydrogen-bond acceptors (Lipinski definition) is 12. The zero-order chi connectivity index (χ0) is 34.0. The van der Waals surface area contributed by atoms with E-state index in [1.165, 1.54) is 24.3 Å². The van der Waals surface area contributed by atoms with E-state index < -0.39 is 87.6 Å². The molecule has 0 aromatic heterocycles. The van der Waals surface area contributed by atoms with E-state index in [2.05, 4.69) is 25.8 Å². The van der Waals surface area contributed by atoms with Gasteiger partial charge in [-0.1, -0.05) is 12.1 Å². The van der Waals surface area contributed by atoms with Gasteiger partial charge in [0.15, 0.2) is 0 Å². The van der Waals surface area contributed by atoms with Crippen molar-refractivity contribution < 1.29 is 67.3 Å². The van der Waals surface area contributed by atoms with Crippen LogP contribution in [0.3, 0.4) is 0 Å². The van der Waals surface area contributed by atoms with Crippen molar-refractivity contribution in [3.05, 3.63) is 29.8 Å². The molecule has 0 aliphatic heterocycles. The molecule has 5 amide bonds. The first kappa shape index (κ1) is 38.9. The molecule has 1 aromatic carbocycles. The number of ether oxygens (including phenoxy) is 2. The predicted molar refractivity (Wildman–Crippen MR) is 151 cm³/mol. The Bertz CT molecular complexity index is 1210. The summed E-state index contributed by atoms with van der Waals surface area (Å²) in [6.45, 7) is -1.57. The number of aliphatic carboxylic acids is 1. The number of aliphatic hydroxyl groups excluding tert-OH is 1. The van der Waals surface area contributed by atoms with Crippen molar-refractivity contribution in [1.82, 2.24) is 21.3 Å². The van der Waals surface area contributed by atoms with Gasteiger partial charge in [0.1, 0.15) is 37.0 Å². The number of carboxylic acid groups (broad SMARTS) is 1. The van der Waals surface area contributed by atoms with Crippen LogP contribution in [0.2, 0.25) is 0 Å². The number of phosphoric acid groups is 1. The monoisotopic (exact) mass is 664 g/mol. The lowest BCUT2D eigenvalue weighted by Gasteiger charge is -2.24. The van der Waals surface area contributed by atoms with Crippen molar-refractivity contribution in [2.24, 2.45) is 11.5 Å². The molecule has 20 nitrogen and oxygen atoms in total. The fourth-order valence-electron chi connectivity index (χ4n) is 3.41. The maximum Gasteiger partial charge on any atom is 0.524 e. The van der Waals surface area contributed by atoms with E-state index in [1.54, 1.807) is 0 Å². The third kappa shape index (κ3) is 17.0. The van der Waals surface area contributed by atoms with Crippen LogP contribution < -0.4 is 37.3 Å². The molecular formula is C24H37N6O14P. The Kier molecular flexibility index (Phi) is 17.2. The summed E-state index contributed by atoms with van der Waals surface area (Å²) in [6, 6.07) is 0.220. The van der Waals surface area contributed by atoms with Crippen molar-refractivity contribution >= 4 is 43.3 Å². The Labute approximate surface area is 256 Å². The number of benzene rings is 1. The van der Waals surface area contributed by atoms with Gasteiger partial charge in [0.05, 0.1) is 32.8 Å². The molecule has 0 spiro atoms. The maximum absolute atomic E-state index is 13.0. The van der Waals surface area contributed by atoms with E-state index in [-0.39, 0.29) is 32.0 Å². The van der Waals surface area contributed by atoms with E-state index >= 15 is 0 Å². The van der Waals surface area contributed by atoms with Gasteiger partial charge in [-0.2, -0.15) is 0 Å². The first-order chi connectivity index (χ1) is 21.1. The molecule has 0 saturated carbocycles. The zero-order valence-electron chi connectivity index (χ0n) is 23.9. The van der Waals surface area contributed by atoms with E-state index in [9.17, 15) is 38.4 Å². The maximum atomic E-state index is 13.0. The molecular weight excluding hydrogens is 627 g/mol. The highest BCUT2D eigenvalue weighted by Gasteiger charge is 2.30. The number of primary amides is 1. The van der Waals surface area contributed by atoms with Crippen LogP contribution in [-0.4, -0.2) is 120 Å². The first-order valence-corrected chi connectivity index (χ1v) is 14.7. The van der Waals surface area contributed by atoms with E-state index in [1.807, 2.05) is 0 Å². The lowest BCUT2D eigenvalue weighted by atomic mass is 10.0. The van der Waals surface area contributed by atoms with Crippen LogP contribution in [0.1, 0.15) is 12.0 Å². The minimum Gasteiger partial charge on any atom is -0.480 e. The van der Waals surface area contributed by atoms with Crippen LogP contribution in [-0.2, 0) is 49.2 Å². The largest absolute Gasteiger partial charge is 0.524 e. The van der Waals surface area contributed by atoms with Crippen molar-refractivity contribution in [3.63, 3.8) is 0 Å². The average molecular weight is 665 g/mol. The highest BCUT2D eigenvalue weighted by molar-refractivity contribution is 7.46. The van der Waals surface area contributed by atoms with Gasteiger partial charge in [0, 0.05) is 13.0 Å². The molecule has 0 unspecified atom stereocenters. The number of amides is 5. The Hall–Kier alpha value is -4.17. The number of carboxylic acids is 1. The fourth-order valence-corrected chi connectivity index (χ4v) is 3.80. The Morgan fingerprint density at radius 1 is 0.844 bits per heavy atom. The number of carbonyl (C=O) groups excluding carboxylic acids is 5. The molecule has 0 aliphatic carbocycles. The molecule has 0 fully saturated rings. The van der Waals surface area contributed by atoms with Crippen molar-refractivity contribution in [2.45, 2.75) is 31.0 Å². The van der Waals surface area contributed by atoms with Gasteiger partial charge in [-0.3, -0.25) is 38.6 Å². The Morgan fingerprint density at radius 3 is 2.00 bits per heavy atom. The molecule has 12 N–H and O–H groups in total. The quantitative estimate of drug-likeness (QED) is 0.0411. The van der Waals surface area contributed by atoms with Gasteiger partial charge in [-0.25, -0.2) is 4.57 Å². The van der Waals surface area contributed by atoms with Gasteiger partial charge < -0.3 is 56.9 Å². The molecule has 45 heavy (non-hydrogen) atoms. The first-order valence-electron chi connectivity index (χ1n) is 13.1. The molecule has 21 heteroatoms. The molecule has 3 atom stereocenters. The number of rotatable bonds is 22. The Balaban J connectivity index is 2.96. The predicted octanol–water partition coefficient (Wildman–Crippen LogP) is -4.78. The summed E-state index contributed by atoms with van der Waals surface area (Å²) in [5.41, 5.74) is 10.8. The van der Waals surface area contributed by atoms with Crippen LogP contribution in [0.25, 0.3) is 0 Å². The van der Waals surface area contributed by atoms with Crippen LogP contribution >= 0.6 is 7.82 Å². The second kappa shape index (κ2) is 20.0. The van der Waals surface area contributed by atoms with Crippen molar-refractivity contribution in [3.8, 4) is 5.75 Å². The van der Waals surface area contributed by atoms with Crippen LogP contribution in [0.15, 0.2) is 24.3 Å². The van der Waals surface area contributed by atoms with Gasteiger partial charge >= 0.3 is 13.8 Å². The van der Waals surface area contributed by atoms with Crippen molar-refractivity contribution in [1.29, 1.82) is 0 Å². The summed E-state index contributed by atoms with van der Waals surface area (Å²) in [6.07, 6.45) is -0.962. The van der Waals surface area contributed by atoms with Gasteiger partial charge in [-0.15, -0.1) is 0 Å². The molecule has 1 aromatic rings. The van der Waals surface area contributed by atoms with E-state index in [4.69, 9.17) is 35.8 Å². The lowest BCUT2D eigenvalue weighted by molar-refractivity contribution is -0.138. The van der Waals surface area contributed by atoms with E-state index in [0.717, 1.165) is 0 Å². The van der Waals surface area contributed by atoms with Crippen LogP contribution in [0.4, 0.5) is 0 Å². The molecule has 0 aliphatic rings. The molecule has 0 saturated heterocycles. The topological polar surface area (TPSA) is 328 Å². The number of phosphoric ester groups is 1. The molecule has 0 bridgehead atoms. The molecule has 0 heterocycles. The number of nitrogens with two attached hydrogens (primary N) is 2. The summed E-state index contributed by atoms with van der Waals surface area (Å²) >= 11 is 0. The smallest absolute Gasteiger partial charge is 0.480 e. The Morgan fingerprint density at radius 2 is 1.44 bits per heavy atom. The fraction of sp³-hybridized carbons (Fsp3) is 0.500. The summed E-state index contributed by atoms with van der Waals surface area (Å²) in [5, 5.41) is 27.4. The standard InChI is InChI=1S/C24H37N6O14P/c25-5-6-42-7-8-43-13-20(33)28-17(10-19(26)32)23(37)30-18(12-31)24(38)29-16(22(36)27-11-21(34)35)9-14-1-3-15(4-2-14)44-45(39,40)41/h1-4,16-18,31H,5-13,25H2,(H2,26,32)(H,27,36)(H,28,33)(H,29,38)(H,30,37)(H,34,35)(H2,39,40,41)/t16-,17-,18-/m0/s1. The normalized spacial score (nSPS) is 13.1. The van der Waals surface area contributed by atoms with Gasteiger partial charge in [-0.05, 0) is 17.7 Å². The minimum absolute atomic E-state index is 0.0272. The number of nitrogens with one attached hydrogen (secondary N) is 4. The van der Waals surface area contributed by atoms with Gasteiger partial charge in [0.2, 0.25) is 29.5 Å².